The molecule has 112 valence electrons. The van der Waals surface area contributed by atoms with E-state index in [0.29, 0.717) is 0 Å². The van der Waals surface area contributed by atoms with Crippen molar-refractivity contribution in [3.8, 4) is 0 Å². The quantitative estimate of drug-likeness (QED) is 0.628. The summed E-state index contributed by atoms with van der Waals surface area (Å²) in [5, 5.41) is 3.21. The summed E-state index contributed by atoms with van der Waals surface area (Å²) in [6.45, 7) is 5.83. The Kier molecular flexibility index (Phi) is 6.80. The minimum absolute atomic E-state index is 0.238. The normalized spacial score (nSPS) is 19.8. The second-order valence-electron chi connectivity index (χ2n) is 6.10. The van der Waals surface area contributed by atoms with E-state index in [9.17, 15) is 4.79 Å². The molecule has 1 rings (SSSR count). The van der Waals surface area contributed by atoms with E-state index in [0.717, 1.165) is 38.4 Å². The molecule has 3 N–H and O–H groups in total. The molecule has 4 heteroatoms. The number of nitrogens with one attached hydrogen (secondary N) is 1. The maximum Gasteiger partial charge on any atom is 0.237 e. The average Bonchev–Trinajstić information content (AvgIpc) is 2.88. The Hall–Kier alpha value is -0.610. The number of nitrogens with two attached hydrogens (primary N) is 1. The Bertz CT molecular complexity index is 277. The van der Waals surface area contributed by atoms with E-state index in [1.807, 2.05) is 13.8 Å². The second kappa shape index (κ2) is 7.85. The van der Waals surface area contributed by atoms with Gasteiger partial charge in [-0.2, -0.15) is 0 Å². The molecule has 0 aromatic carbocycles. The number of rotatable bonds is 9. The molecule has 1 atom stereocenters. The molecule has 0 aromatic heterocycles. The SMILES string of the molecule is CCNC(C)(CCCCN(C)C1CCCC1)C(N)=O. The Morgan fingerprint density at radius 2 is 2.00 bits per heavy atom. The molecule has 1 aliphatic carbocycles. The third-order valence-corrected chi connectivity index (χ3v) is 4.50. The zero-order valence-electron chi connectivity index (χ0n) is 12.9. The van der Waals surface area contributed by atoms with E-state index in [1.54, 1.807) is 0 Å². The highest BCUT2D eigenvalue weighted by atomic mass is 16.1. The standard InChI is InChI=1S/C15H31N3O/c1-4-17-15(2,14(16)19)11-7-8-12-18(3)13-9-5-6-10-13/h13,17H,4-12H2,1-3H3,(H2,16,19). The molecule has 4 nitrogen and oxygen atoms in total. The molecule has 0 spiro atoms. The fraction of sp³-hybridized carbons (Fsp3) is 0.933. The lowest BCUT2D eigenvalue weighted by Gasteiger charge is -2.28. The molecule has 1 aliphatic rings. The molecule has 1 saturated carbocycles. The predicted molar refractivity (Wildman–Crippen MR) is 80.0 cm³/mol. The van der Waals surface area contributed by atoms with Gasteiger partial charge in [-0.3, -0.25) is 4.79 Å². The molecule has 0 radical (unpaired) electrons. The van der Waals surface area contributed by atoms with E-state index >= 15 is 0 Å². The molecule has 1 fully saturated rings. The zero-order chi connectivity index (χ0) is 14.3. The Balaban J connectivity index is 2.22. The minimum atomic E-state index is -0.541. The van der Waals surface area contributed by atoms with Crippen molar-refractivity contribution in [2.45, 2.75) is 70.4 Å². The molecule has 0 bridgehead atoms. The Morgan fingerprint density at radius 3 is 2.53 bits per heavy atom. The van der Waals surface area contributed by atoms with Crippen LogP contribution in [0.2, 0.25) is 0 Å². The maximum absolute atomic E-state index is 11.5. The number of carbonyl (C=O) groups is 1. The summed E-state index contributed by atoms with van der Waals surface area (Å²) < 4.78 is 0. The fourth-order valence-electron chi connectivity index (χ4n) is 3.06. The van der Waals surface area contributed by atoms with Crippen molar-refractivity contribution in [2.24, 2.45) is 5.73 Å². The van der Waals surface area contributed by atoms with Crippen LogP contribution in [0.4, 0.5) is 0 Å². The molecule has 0 heterocycles. The van der Waals surface area contributed by atoms with Crippen LogP contribution in [0, 0.1) is 0 Å². The van der Waals surface area contributed by atoms with Crippen LogP contribution in [0.3, 0.4) is 0 Å². The Morgan fingerprint density at radius 1 is 1.37 bits per heavy atom. The average molecular weight is 269 g/mol. The van der Waals surface area contributed by atoms with Gasteiger partial charge >= 0.3 is 0 Å². The maximum atomic E-state index is 11.5. The molecule has 0 saturated heterocycles. The van der Waals surface area contributed by atoms with E-state index in [2.05, 4.69) is 17.3 Å². The van der Waals surface area contributed by atoms with E-state index in [1.165, 1.54) is 25.7 Å². The number of hydrogen-bond acceptors (Lipinski definition) is 3. The minimum Gasteiger partial charge on any atom is -0.368 e. The molecule has 0 aromatic rings. The smallest absolute Gasteiger partial charge is 0.237 e. The highest BCUT2D eigenvalue weighted by molar-refractivity contribution is 5.84. The van der Waals surface area contributed by atoms with Gasteiger partial charge in [0.1, 0.15) is 0 Å². The first-order chi connectivity index (χ1) is 8.99. The molecule has 19 heavy (non-hydrogen) atoms. The van der Waals surface area contributed by atoms with Crippen molar-refractivity contribution in [3.05, 3.63) is 0 Å². The zero-order valence-corrected chi connectivity index (χ0v) is 12.9. The number of amides is 1. The van der Waals surface area contributed by atoms with Crippen molar-refractivity contribution in [1.82, 2.24) is 10.2 Å². The van der Waals surface area contributed by atoms with Gasteiger partial charge in [-0.1, -0.05) is 19.8 Å². The molecule has 1 unspecified atom stereocenters. The van der Waals surface area contributed by atoms with E-state index < -0.39 is 5.54 Å². The van der Waals surface area contributed by atoms with E-state index in [4.69, 9.17) is 5.73 Å². The largest absolute Gasteiger partial charge is 0.368 e. The van der Waals surface area contributed by atoms with Gasteiger partial charge in [-0.05, 0) is 59.2 Å². The number of likely N-dealkylation sites (N-methyl/N-ethyl adjacent to an activating group) is 1. The molecule has 1 amide bonds. The van der Waals surface area contributed by atoms with Gasteiger partial charge < -0.3 is 16.0 Å². The Labute approximate surface area is 118 Å². The first-order valence-corrected chi connectivity index (χ1v) is 7.75. The van der Waals surface area contributed by atoms with Gasteiger partial charge in [0, 0.05) is 6.04 Å². The summed E-state index contributed by atoms with van der Waals surface area (Å²) in [5.41, 5.74) is 4.95. The summed E-state index contributed by atoms with van der Waals surface area (Å²) in [7, 11) is 2.23. The fourth-order valence-corrected chi connectivity index (χ4v) is 3.06. The summed E-state index contributed by atoms with van der Waals surface area (Å²) in [6.07, 6.45) is 8.49. The highest BCUT2D eigenvalue weighted by Gasteiger charge is 2.29. The molecular weight excluding hydrogens is 238 g/mol. The summed E-state index contributed by atoms with van der Waals surface area (Å²) in [4.78, 5) is 14.0. The monoisotopic (exact) mass is 269 g/mol. The molecule has 0 aliphatic heterocycles. The van der Waals surface area contributed by atoms with Gasteiger partial charge in [0.25, 0.3) is 0 Å². The number of unbranched alkanes of at least 4 members (excludes halogenated alkanes) is 1. The van der Waals surface area contributed by atoms with Gasteiger partial charge in [0.2, 0.25) is 5.91 Å². The van der Waals surface area contributed by atoms with Crippen LogP contribution in [0.1, 0.15) is 58.8 Å². The van der Waals surface area contributed by atoms with Crippen molar-refractivity contribution in [1.29, 1.82) is 0 Å². The van der Waals surface area contributed by atoms with Crippen LogP contribution in [0.5, 0.6) is 0 Å². The third-order valence-electron chi connectivity index (χ3n) is 4.50. The van der Waals surface area contributed by atoms with Crippen molar-refractivity contribution in [2.75, 3.05) is 20.1 Å². The second-order valence-corrected chi connectivity index (χ2v) is 6.10. The number of nitrogens with zero attached hydrogens (tertiary/aromatic N) is 1. The van der Waals surface area contributed by atoms with Gasteiger partial charge in [0.15, 0.2) is 0 Å². The highest BCUT2D eigenvalue weighted by Crippen LogP contribution is 2.23. The van der Waals surface area contributed by atoms with Crippen molar-refractivity contribution in [3.63, 3.8) is 0 Å². The van der Waals surface area contributed by atoms with Gasteiger partial charge in [-0.25, -0.2) is 0 Å². The van der Waals surface area contributed by atoms with Gasteiger partial charge in [-0.15, -0.1) is 0 Å². The number of hydrogen-bond donors (Lipinski definition) is 2. The first-order valence-electron chi connectivity index (χ1n) is 7.75. The summed E-state index contributed by atoms with van der Waals surface area (Å²) in [6, 6.07) is 0.788. The lowest BCUT2D eigenvalue weighted by molar-refractivity contribution is -0.124. The van der Waals surface area contributed by atoms with Crippen LogP contribution in [-0.2, 0) is 4.79 Å². The van der Waals surface area contributed by atoms with Crippen LogP contribution >= 0.6 is 0 Å². The van der Waals surface area contributed by atoms with Crippen LogP contribution in [0.25, 0.3) is 0 Å². The van der Waals surface area contributed by atoms with Crippen molar-refractivity contribution < 1.29 is 4.79 Å². The number of carbonyl (C=O) groups excluding carboxylic acids is 1. The summed E-state index contributed by atoms with van der Waals surface area (Å²) >= 11 is 0. The third kappa shape index (κ3) is 5.11. The topological polar surface area (TPSA) is 58.4 Å². The lowest BCUT2D eigenvalue weighted by atomic mass is 9.94. The lowest BCUT2D eigenvalue weighted by Crippen LogP contribution is -2.53. The van der Waals surface area contributed by atoms with E-state index in [-0.39, 0.29) is 5.91 Å². The van der Waals surface area contributed by atoms with Crippen LogP contribution in [-0.4, -0.2) is 42.5 Å². The van der Waals surface area contributed by atoms with Gasteiger partial charge in [0.05, 0.1) is 5.54 Å². The number of primary amides is 1. The van der Waals surface area contributed by atoms with Crippen molar-refractivity contribution >= 4 is 5.91 Å². The summed E-state index contributed by atoms with van der Waals surface area (Å²) in [5.74, 6) is -0.238. The molecular formula is C15H31N3O. The van der Waals surface area contributed by atoms with Crippen LogP contribution < -0.4 is 11.1 Å². The predicted octanol–water partition coefficient (Wildman–Crippen LogP) is 1.88. The van der Waals surface area contributed by atoms with Crippen LogP contribution in [0.15, 0.2) is 0 Å². The first kappa shape index (κ1) is 16.4.